The molecule has 0 unspecified atom stereocenters. The minimum absolute atomic E-state index is 0. The Balaban J connectivity index is 0.000000226. The zero-order chi connectivity index (χ0) is 99.2. The lowest BCUT2D eigenvalue weighted by Crippen LogP contribution is -2.29. The highest BCUT2D eigenvalue weighted by molar-refractivity contribution is 8.93. The summed E-state index contributed by atoms with van der Waals surface area (Å²) in [4.78, 5) is 76.7. The molecule has 0 radical (unpaired) electrons. The molecule has 15 aromatic carbocycles. The number of ether oxygens (including phenoxy) is 2. The number of carbonyl (C=O) groups is 6. The number of hydrogen-bond donors (Lipinski definition) is 8. The quantitative estimate of drug-likeness (QED) is 0.0245. The van der Waals surface area contributed by atoms with Crippen molar-refractivity contribution in [2.75, 3.05) is 28.9 Å². The van der Waals surface area contributed by atoms with Crippen molar-refractivity contribution in [2.24, 2.45) is 0 Å². The van der Waals surface area contributed by atoms with E-state index in [0.29, 0.717) is 50.4 Å². The van der Waals surface area contributed by atoms with Crippen molar-refractivity contribution in [1.82, 2.24) is 16.1 Å². The molecule has 0 atom stereocenters. The first-order valence-corrected chi connectivity index (χ1v) is 44.0. The third kappa shape index (κ3) is 31.8. The van der Waals surface area contributed by atoms with Crippen LogP contribution in [0.4, 0.5) is 51.2 Å². The van der Waals surface area contributed by atoms with Crippen LogP contribution in [0.5, 0.6) is 23.0 Å². The highest BCUT2D eigenvalue weighted by atomic mass is 79.9. The third-order valence-electron chi connectivity index (χ3n) is 21.1. The summed E-state index contributed by atoms with van der Waals surface area (Å²) in [5, 5.41) is 60.6. The van der Waals surface area contributed by atoms with Gasteiger partial charge in [0.25, 0.3) is 17.9 Å². The Hall–Kier alpha value is -17.0. The number of carbonyl (C=O) groups excluding carboxylic acids is 3. The zero-order valence-electron chi connectivity index (χ0n) is 79.6. The van der Waals surface area contributed by atoms with Crippen LogP contribution in [0.1, 0.15) is 85.2 Å². The van der Waals surface area contributed by atoms with Gasteiger partial charge in [0.2, 0.25) is 0 Å². The number of aromatic nitrogens is 2. The number of benzene rings is 15. The number of aromatic hydroxyl groups is 2. The van der Waals surface area contributed by atoms with E-state index in [-0.39, 0.29) is 34.6 Å². The fourth-order valence-electron chi connectivity index (χ4n) is 14.2. The van der Waals surface area contributed by atoms with Gasteiger partial charge in [-0.25, -0.2) is 9.97 Å². The Morgan fingerprint density at radius 3 is 0.793 bits per heavy atom. The van der Waals surface area contributed by atoms with Gasteiger partial charge in [0.1, 0.15) is 29.3 Å². The number of carboxylic acids is 3. The highest BCUT2D eigenvalue weighted by Crippen LogP contribution is 2.43. The summed E-state index contributed by atoms with van der Waals surface area (Å²) in [7, 11) is 1.87. The van der Waals surface area contributed by atoms with Gasteiger partial charge in [0.05, 0.1) is 42.6 Å². The topological polar surface area (TPSA) is 333 Å². The van der Waals surface area contributed by atoms with E-state index in [2.05, 4.69) is 256 Å². The van der Waals surface area contributed by atoms with Gasteiger partial charge in [-0.05, 0) is 263 Å². The first-order valence-electron chi connectivity index (χ1n) is 44.0. The number of carboxylic acid groups (broad SMARTS) is 3. The first-order chi connectivity index (χ1) is 66.5. The average molecular weight is 1930 g/mol. The number of phenolic OH excluding ortho intramolecular Hbond substituents is 2. The maximum atomic E-state index is 11.9. The van der Waals surface area contributed by atoms with Crippen LogP contribution in [0.15, 0.2) is 394 Å². The average Bonchev–Trinajstić information content (AvgIpc) is 0.786. The molecule has 140 heavy (non-hydrogen) atoms. The second kappa shape index (κ2) is 54.6. The summed E-state index contributed by atoms with van der Waals surface area (Å²) < 4.78 is 10.6. The Morgan fingerprint density at radius 1 is 0.286 bits per heavy atom. The lowest BCUT2D eigenvalue weighted by atomic mass is 9.81. The molecule has 0 saturated carbocycles. The van der Waals surface area contributed by atoms with Crippen molar-refractivity contribution < 1.29 is 73.8 Å². The van der Waals surface area contributed by atoms with Crippen LogP contribution in [0.3, 0.4) is 0 Å². The number of rotatable bonds is 21. The highest BCUT2D eigenvalue weighted by Gasteiger charge is 2.21. The molecule has 17 aromatic rings. The third-order valence-corrected chi connectivity index (χ3v) is 21.1. The van der Waals surface area contributed by atoms with E-state index in [1.807, 2.05) is 127 Å². The normalized spacial score (nSPS) is 9.95. The minimum Gasteiger partial charge on any atom is -0.507 e. The monoisotopic (exact) mass is 1930 g/mol. The van der Waals surface area contributed by atoms with Gasteiger partial charge in [-0.1, -0.05) is 234 Å². The van der Waals surface area contributed by atoms with Crippen molar-refractivity contribution in [3.63, 3.8) is 0 Å². The molecule has 0 spiro atoms. The Labute approximate surface area is 828 Å². The van der Waals surface area contributed by atoms with Crippen molar-refractivity contribution in [2.45, 2.75) is 62.3 Å². The van der Waals surface area contributed by atoms with Crippen molar-refractivity contribution in [1.29, 1.82) is 0 Å². The molecule has 21 nitrogen and oxygen atoms in total. The van der Waals surface area contributed by atoms with E-state index in [1.54, 1.807) is 80.9 Å². The summed E-state index contributed by atoms with van der Waals surface area (Å²) in [5.74, 6) is -0.827. The lowest BCUT2D eigenvalue weighted by molar-refractivity contribution is -0.135. The molecule has 10 N–H and O–H groups in total. The van der Waals surface area contributed by atoms with Crippen LogP contribution in [0, 0.1) is 41.5 Å². The number of halogens is 1. The van der Waals surface area contributed by atoms with E-state index < -0.39 is 25.0 Å². The van der Waals surface area contributed by atoms with Gasteiger partial charge in [-0.15, -0.1) is 17.0 Å². The van der Waals surface area contributed by atoms with Crippen molar-refractivity contribution in [3.05, 3.63) is 444 Å². The summed E-state index contributed by atoms with van der Waals surface area (Å²) in [5.41, 5.74) is 29.1. The number of aldehydes is 3. The van der Waals surface area contributed by atoms with Gasteiger partial charge >= 0.3 is 7.12 Å². The molecule has 0 aliphatic heterocycles. The van der Waals surface area contributed by atoms with Gasteiger partial charge in [0.15, 0.2) is 12.6 Å². The number of hydrogen-bond acceptors (Lipinski definition) is 18. The molecule has 17 rings (SSSR count). The van der Waals surface area contributed by atoms with Gasteiger partial charge < -0.3 is 65.9 Å². The smallest absolute Gasteiger partial charge is 0.488 e. The Kier molecular flexibility index (Phi) is 42.2. The summed E-state index contributed by atoms with van der Waals surface area (Å²) in [6.07, 6.45) is 2.52. The zero-order valence-corrected chi connectivity index (χ0v) is 81.3. The number of methoxy groups -OCH3 is 2. The van der Waals surface area contributed by atoms with E-state index in [0.717, 1.165) is 141 Å². The van der Waals surface area contributed by atoms with Crippen molar-refractivity contribution in [3.8, 4) is 90.3 Å². The lowest BCUT2D eigenvalue weighted by Gasteiger charge is -2.26. The van der Waals surface area contributed by atoms with Crippen LogP contribution in [0.25, 0.3) is 67.3 Å². The van der Waals surface area contributed by atoms with Crippen molar-refractivity contribution >= 4 is 118 Å². The molecule has 0 saturated heterocycles. The molecule has 0 amide bonds. The standard InChI is InChI=1S/C39H32N2O2.C37H30N2O2.C21H19NO.C8H8O2.C6H7BO2.3C2H4O2.BrH.H3N/c1-27-12-18-32(19-13-27)41(33-20-14-28(2)15-21-33)34-22-16-29(17-23-34)31-24-37(35-9-5-4-8-30(35)26-42)40-38(25-31)36-10-6-7-11-39(36)43-3;1-25-11-17-29(18-12-25)39(30-19-13-26(2)14-20-30)31-21-15-27(16-22-31)28-23-34(32-7-3-5-9-36(32)40)38-35(24-28)33-8-4-6-10-37(33)41;1-16-3-9-19(10-4-16)22(20-11-5-17(2)6-12-20)21-13-7-18(15-23)8-14-21;1-10-8-5-3-2-4-7(8)6-9;8-7(9)6-4-2-1-3-5-6;3*1-2(3)4;;/h4-26H,1-3H3;3-24,40-41H,1-2H3;3-15H,1-2H3;2-6H,1H3;1-5,8-9H;3*1H3,(H,3,4);1H;1H3. The van der Waals surface area contributed by atoms with E-state index >= 15 is 0 Å². The van der Waals surface area contributed by atoms with Gasteiger partial charge in [0, 0.05) is 105 Å². The van der Waals surface area contributed by atoms with E-state index in [4.69, 9.17) is 59.2 Å². The number of nitrogens with zero attached hydrogens (tertiary/aromatic N) is 5. The maximum absolute atomic E-state index is 11.9. The summed E-state index contributed by atoms with van der Waals surface area (Å²) in [6.45, 7) is 15.8. The molecule has 0 aliphatic rings. The number of anilines is 9. The number of pyridine rings is 2. The molecule has 710 valence electrons. The van der Waals surface area contributed by atoms with E-state index in [1.165, 1.54) is 33.4 Å². The Morgan fingerprint density at radius 2 is 0.521 bits per heavy atom. The van der Waals surface area contributed by atoms with Crippen LogP contribution in [0.2, 0.25) is 0 Å². The minimum atomic E-state index is -1.34. The number of para-hydroxylation sites is 4. The molecule has 0 bridgehead atoms. The van der Waals surface area contributed by atoms with Crippen LogP contribution < -0.4 is 35.8 Å². The fraction of sp³-hybridized carbons (Fsp3) is 0.0940. The summed E-state index contributed by atoms with van der Waals surface area (Å²) >= 11 is 0. The van der Waals surface area contributed by atoms with Gasteiger partial charge in [-0.2, -0.15) is 0 Å². The molecule has 2 aromatic heterocycles. The van der Waals surface area contributed by atoms with Crippen LogP contribution >= 0.6 is 17.0 Å². The molecule has 23 heteroatoms. The van der Waals surface area contributed by atoms with E-state index in [9.17, 15) is 24.6 Å². The van der Waals surface area contributed by atoms with Crippen LogP contribution in [-0.4, -0.2) is 104 Å². The predicted octanol–water partition coefficient (Wildman–Crippen LogP) is 27.0. The Bertz CT molecular complexity index is 6610. The molecular formula is C117H112BBrN6O15. The molecule has 0 aliphatic carbocycles. The van der Waals surface area contributed by atoms with Crippen LogP contribution in [-0.2, 0) is 14.4 Å². The maximum Gasteiger partial charge on any atom is 0.488 e. The largest absolute Gasteiger partial charge is 0.507 e. The molecule has 2 heterocycles. The van der Waals surface area contributed by atoms with Gasteiger partial charge in [-0.3, -0.25) is 28.8 Å². The SMILES string of the molecule is Br.CC(=O)O.CC(=O)O.CC(=O)O.COc1ccccc1-c1cc(-c2ccc(N(c3ccc(C)cc3)c3ccc(C)cc3)cc2)cc(-c2ccccc2C=O)n1.COc1ccccc1C=O.Cc1ccc(N(c2ccc(C)cc2)c2ccc(-c3cc(-c4ccccc4O)nc(-c4ccccc4O)c3)cc2)cc1.Cc1ccc(N(c2ccc(C)cc2)c2ccc(C=O)cc2)cc1.N.OB(O)c1ccccc1. The summed E-state index contributed by atoms with van der Waals surface area (Å²) in [6, 6.07) is 129. The predicted molar refractivity (Wildman–Crippen MR) is 571 cm³/mol. The number of aryl methyl sites for hydroxylation is 6. The second-order valence-electron chi connectivity index (χ2n) is 31.7. The number of aliphatic carboxylic acids is 3. The molecule has 0 fully saturated rings. The number of phenols is 2. The molecular weight excluding hydrogens is 1820 g/mol. The first kappa shape index (κ1) is 108. The fourth-order valence-corrected chi connectivity index (χ4v) is 14.2. The second-order valence-corrected chi connectivity index (χ2v) is 31.7.